The van der Waals surface area contributed by atoms with Crippen LogP contribution in [0.4, 0.5) is 0 Å². The van der Waals surface area contributed by atoms with Crippen molar-refractivity contribution in [1.29, 1.82) is 0 Å². The van der Waals surface area contributed by atoms with E-state index >= 15 is 0 Å². The number of imidazole rings is 1. The molecule has 0 radical (unpaired) electrons. The highest BCUT2D eigenvalue weighted by Gasteiger charge is 2.27. The summed E-state index contributed by atoms with van der Waals surface area (Å²) in [4.78, 5) is 29.2. The van der Waals surface area contributed by atoms with Gasteiger partial charge in [-0.1, -0.05) is 46.6 Å². The number of carbonyl (C=O) groups is 2. The fraction of sp³-hybridized carbons (Fsp3) is 0.500. The van der Waals surface area contributed by atoms with Crippen molar-refractivity contribution in [3.8, 4) is 0 Å². The van der Waals surface area contributed by atoms with Crippen molar-refractivity contribution >= 4 is 34.2 Å². The van der Waals surface area contributed by atoms with Crippen LogP contribution < -0.4 is 5.32 Å². The molecule has 7 heteroatoms. The molecule has 4 rings (SSSR count). The molecule has 33 heavy (non-hydrogen) atoms. The van der Waals surface area contributed by atoms with Crippen molar-refractivity contribution in [2.24, 2.45) is 11.8 Å². The second-order valence-electron chi connectivity index (χ2n) is 9.50. The van der Waals surface area contributed by atoms with E-state index < -0.39 is 18.4 Å². The van der Waals surface area contributed by atoms with E-state index in [9.17, 15) is 9.59 Å². The lowest BCUT2D eigenvalue weighted by Gasteiger charge is -2.31. The Morgan fingerprint density at radius 3 is 2.58 bits per heavy atom. The molecule has 1 amide bonds. The van der Waals surface area contributed by atoms with E-state index in [4.69, 9.17) is 10.1 Å². The van der Waals surface area contributed by atoms with Gasteiger partial charge in [-0.2, -0.15) is 0 Å². The largest absolute Gasteiger partial charge is 0.480 e. The van der Waals surface area contributed by atoms with E-state index in [0.29, 0.717) is 17.5 Å². The van der Waals surface area contributed by atoms with Crippen LogP contribution in [0.2, 0.25) is 0 Å². The number of benzene rings is 1. The maximum atomic E-state index is 12.3. The first kappa shape index (κ1) is 25.0. The number of nitrogens with zero attached hydrogens (tertiary/aromatic N) is 2. The molecular weight excluding hydrogens is 434 g/mol. The summed E-state index contributed by atoms with van der Waals surface area (Å²) in [6, 6.07) is 10.1. The number of nitrogens with one attached hydrogen (secondary N) is 1. The van der Waals surface area contributed by atoms with Crippen LogP contribution in [0.15, 0.2) is 35.7 Å². The number of fused-ring (bicyclic) bond motifs is 1. The van der Waals surface area contributed by atoms with Gasteiger partial charge in [0.2, 0.25) is 0 Å². The van der Waals surface area contributed by atoms with Gasteiger partial charge in [0.1, 0.15) is 12.4 Å². The van der Waals surface area contributed by atoms with Crippen LogP contribution in [-0.4, -0.2) is 33.1 Å². The predicted molar refractivity (Wildman–Crippen MR) is 134 cm³/mol. The Hall–Kier alpha value is -2.67. The maximum absolute atomic E-state index is 12.3. The Morgan fingerprint density at radius 2 is 1.94 bits per heavy atom. The fourth-order valence-corrected chi connectivity index (χ4v) is 4.99. The van der Waals surface area contributed by atoms with E-state index in [1.807, 2.05) is 6.07 Å². The van der Waals surface area contributed by atoms with Crippen molar-refractivity contribution in [3.05, 3.63) is 52.0 Å². The fourth-order valence-electron chi connectivity index (χ4n) is 4.29. The zero-order valence-electron chi connectivity index (χ0n) is 20.0. The van der Waals surface area contributed by atoms with Crippen molar-refractivity contribution in [1.82, 2.24) is 14.9 Å². The van der Waals surface area contributed by atoms with Crippen LogP contribution in [0.3, 0.4) is 0 Å². The third kappa shape index (κ3) is 6.67. The monoisotopic (exact) mass is 469 g/mol. The molecule has 1 aliphatic rings. The molecule has 0 bridgehead atoms. The zero-order valence-corrected chi connectivity index (χ0v) is 20.8. The van der Waals surface area contributed by atoms with Gasteiger partial charge in [0.05, 0.1) is 11.0 Å². The molecule has 178 valence electrons. The standard InChI is InChI=1S/C22H25N3O3S.C4H10/c1-14-5-2-3-7-18(14)25-19-9-8-15(22(28)23-13-21(26)27)11-17(19)24-20(25)12-16-6-4-10-29-16;1-4(2)3/h4,6,8-11,14,18H,2-3,5,7,12-13H2,1H3,(H,23,28)(H,26,27);4H,1-3H3. The molecule has 1 fully saturated rings. The number of carboxylic acids is 1. The summed E-state index contributed by atoms with van der Waals surface area (Å²) < 4.78 is 2.39. The number of carbonyl (C=O) groups excluding carboxylic acids is 1. The van der Waals surface area contributed by atoms with Crippen molar-refractivity contribution in [3.63, 3.8) is 0 Å². The number of aliphatic carboxylic acids is 1. The number of rotatable bonds is 6. The molecular formula is C26H35N3O3S. The van der Waals surface area contributed by atoms with Gasteiger partial charge in [-0.05, 0) is 54.3 Å². The maximum Gasteiger partial charge on any atom is 0.322 e. The number of carboxylic acid groups (broad SMARTS) is 1. The van der Waals surface area contributed by atoms with Crippen molar-refractivity contribution in [2.45, 2.75) is 65.8 Å². The molecule has 0 saturated heterocycles. The molecule has 0 spiro atoms. The van der Waals surface area contributed by atoms with Gasteiger partial charge >= 0.3 is 5.97 Å². The second kappa shape index (κ2) is 11.5. The average Bonchev–Trinajstić information content (AvgIpc) is 3.39. The summed E-state index contributed by atoms with van der Waals surface area (Å²) in [5.41, 5.74) is 2.27. The zero-order chi connectivity index (χ0) is 24.0. The molecule has 2 unspecified atom stereocenters. The topological polar surface area (TPSA) is 84.2 Å². The SMILES string of the molecule is CC(C)C.CC1CCCCC1n1c(Cc2cccs2)nc2cc(C(=O)NCC(=O)O)ccc21. The summed E-state index contributed by atoms with van der Waals surface area (Å²) in [6.07, 6.45) is 5.64. The lowest BCUT2D eigenvalue weighted by atomic mass is 9.85. The Morgan fingerprint density at radius 1 is 1.21 bits per heavy atom. The molecule has 6 nitrogen and oxygen atoms in total. The highest BCUT2D eigenvalue weighted by Crippen LogP contribution is 2.37. The van der Waals surface area contributed by atoms with E-state index in [2.05, 4.69) is 55.1 Å². The lowest BCUT2D eigenvalue weighted by molar-refractivity contribution is -0.135. The van der Waals surface area contributed by atoms with E-state index in [-0.39, 0.29) is 0 Å². The minimum atomic E-state index is -1.06. The van der Waals surface area contributed by atoms with Crippen LogP contribution in [0.5, 0.6) is 0 Å². The average molecular weight is 470 g/mol. The Bertz CT molecular complexity index is 1070. The van der Waals surface area contributed by atoms with Gasteiger partial charge in [-0.15, -0.1) is 11.3 Å². The van der Waals surface area contributed by atoms with Crippen LogP contribution in [0, 0.1) is 11.8 Å². The summed E-state index contributed by atoms with van der Waals surface area (Å²) in [5.74, 6) is 0.994. The lowest BCUT2D eigenvalue weighted by Crippen LogP contribution is -2.29. The third-order valence-corrected chi connectivity index (χ3v) is 6.61. The highest BCUT2D eigenvalue weighted by molar-refractivity contribution is 7.09. The number of aromatic nitrogens is 2. The van der Waals surface area contributed by atoms with Gasteiger partial charge in [0.15, 0.2) is 0 Å². The molecule has 3 aromatic rings. The minimum absolute atomic E-state index is 0.394. The Labute approximate surface area is 200 Å². The molecule has 1 aliphatic carbocycles. The van der Waals surface area contributed by atoms with E-state index in [1.54, 1.807) is 23.5 Å². The summed E-state index contributed by atoms with van der Waals surface area (Å²) >= 11 is 1.73. The number of amides is 1. The summed E-state index contributed by atoms with van der Waals surface area (Å²) in [6.45, 7) is 8.42. The molecule has 0 aliphatic heterocycles. The van der Waals surface area contributed by atoms with Crippen molar-refractivity contribution < 1.29 is 14.7 Å². The molecule has 2 aromatic heterocycles. The highest BCUT2D eigenvalue weighted by atomic mass is 32.1. The van der Waals surface area contributed by atoms with Gasteiger partial charge in [-0.25, -0.2) is 4.98 Å². The number of hydrogen-bond donors (Lipinski definition) is 2. The predicted octanol–water partition coefficient (Wildman–Crippen LogP) is 5.92. The third-order valence-electron chi connectivity index (χ3n) is 5.74. The van der Waals surface area contributed by atoms with Gasteiger partial charge in [0, 0.05) is 22.9 Å². The normalized spacial score (nSPS) is 18.1. The molecule has 2 atom stereocenters. The van der Waals surface area contributed by atoms with E-state index in [1.165, 1.54) is 24.1 Å². The number of thiophene rings is 1. The smallest absolute Gasteiger partial charge is 0.322 e. The van der Waals surface area contributed by atoms with Crippen LogP contribution in [0.25, 0.3) is 11.0 Å². The van der Waals surface area contributed by atoms with Crippen LogP contribution >= 0.6 is 11.3 Å². The molecule has 2 N–H and O–H groups in total. The van der Waals surface area contributed by atoms with E-state index in [0.717, 1.165) is 35.6 Å². The Kier molecular flexibility index (Phi) is 8.67. The van der Waals surface area contributed by atoms with Gasteiger partial charge in [-0.3, -0.25) is 9.59 Å². The number of hydrogen-bond acceptors (Lipinski definition) is 4. The quantitative estimate of drug-likeness (QED) is 0.469. The minimum Gasteiger partial charge on any atom is -0.480 e. The van der Waals surface area contributed by atoms with Gasteiger partial charge < -0.3 is 15.0 Å². The Balaban J connectivity index is 0.000000709. The van der Waals surface area contributed by atoms with Crippen molar-refractivity contribution in [2.75, 3.05) is 6.54 Å². The first-order chi connectivity index (χ1) is 15.8. The summed E-state index contributed by atoms with van der Waals surface area (Å²) in [7, 11) is 0. The second-order valence-corrected chi connectivity index (χ2v) is 10.5. The first-order valence-corrected chi connectivity index (χ1v) is 12.7. The first-order valence-electron chi connectivity index (χ1n) is 11.8. The summed E-state index contributed by atoms with van der Waals surface area (Å²) in [5, 5.41) is 13.3. The van der Waals surface area contributed by atoms with Crippen LogP contribution in [-0.2, 0) is 11.2 Å². The molecule has 1 saturated carbocycles. The van der Waals surface area contributed by atoms with Gasteiger partial charge in [0.25, 0.3) is 5.91 Å². The van der Waals surface area contributed by atoms with Crippen LogP contribution in [0.1, 0.15) is 80.5 Å². The molecule has 2 heterocycles. The molecule has 1 aromatic carbocycles.